The summed E-state index contributed by atoms with van der Waals surface area (Å²) in [6, 6.07) is 3.34. The Morgan fingerprint density at radius 2 is 2.24 bits per heavy atom. The van der Waals surface area contributed by atoms with E-state index >= 15 is 0 Å². The number of nitrogens with zero attached hydrogens (tertiary/aromatic N) is 1. The maximum Gasteiger partial charge on any atom is 0.295 e. The molecule has 0 unspecified atom stereocenters. The lowest BCUT2D eigenvalue weighted by atomic mass is 9.80. The molecule has 2 N–H and O–H groups in total. The lowest BCUT2D eigenvalue weighted by Gasteiger charge is -2.36. The number of nitrogens with one attached hydrogen (secondary N) is 1. The second kappa shape index (κ2) is 4.29. The molecule has 0 spiro atoms. The molecule has 1 saturated carbocycles. The van der Waals surface area contributed by atoms with Crippen molar-refractivity contribution in [3.05, 3.63) is 34.1 Å². The topological polar surface area (TPSA) is 75.4 Å². The fraction of sp³-hybridized carbons (Fsp3) is 0.455. The van der Waals surface area contributed by atoms with Crippen molar-refractivity contribution in [2.24, 2.45) is 0 Å². The summed E-state index contributed by atoms with van der Waals surface area (Å²) in [5.41, 5.74) is -0.855. The maximum absolute atomic E-state index is 12.9. The third kappa shape index (κ3) is 2.52. The van der Waals surface area contributed by atoms with Gasteiger partial charge in [0.25, 0.3) is 5.69 Å². The van der Waals surface area contributed by atoms with Gasteiger partial charge < -0.3 is 10.4 Å². The Hall–Kier alpha value is -1.69. The van der Waals surface area contributed by atoms with E-state index in [1.54, 1.807) is 0 Å². The molecule has 1 aliphatic rings. The standard InChI is InChI=1S/C11H13FN2O3/c12-8-2-3-9(10(6-8)14(16)17)13-7-11(15)4-1-5-11/h2-3,6,13,15H,1,4-5,7H2. The van der Waals surface area contributed by atoms with Crippen LogP contribution in [0, 0.1) is 15.9 Å². The first kappa shape index (κ1) is 11.8. The molecule has 0 heterocycles. The summed E-state index contributed by atoms with van der Waals surface area (Å²) >= 11 is 0. The van der Waals surface area contributed by atoms with Crippen LogP contribution in [-0.4, -0.2) is 22.2 Å². The van der Waals surface area contributed by atoms with E-state index in [1.807, 2.05) is 0 Å². The zero-order valence-corrected chi connectivity index (χ0v) is 9.15. The second-order valence-corrected chi connectivity index (χ2v) is 4.35. The Labute approximate surface area is 97.4 Å². The van der Waals surface area contributed by atoms with Crippen LogP contribution in [0.4, 0.5) is 15.8 Å². The second-order valence-electron chi connectivity index (χ2n) is 4.35. The molecule has 0 radical (unpaired) electrons. The Kier molecular flexibility index (Phi) is 2.97. The molecule has 2 rings (SSSR count). The molecule has 0 saturated heterocycles. The molecule has 0 bridgehead atoms. The average Bonchev–Trinajstić information content (AvgIpc) is 2.24. The van der Waals surface area contributed by atoms with E-state index in [9.17, 15) is 19.6 Å². The summed E-state index contributed by atoms with van der Waals surface area (Å²) < 4.78 is 12.9. The molecular weight excluding hydrogens is 227 g/mol. The molecule has 0 atom stereocenters. The van der Waals surface area contributed by atoms with Crippen LogP contribution in [0.15, 0.2) is 18.2 Å². The minimum Gasteiger partial charge on any atom is -0.388 e. The van der Waals surface area contributed by atoms with Gasteiger partial charge in [0.1, 0.15) is 11.5 Å². The monoisotopic (exact) mass is 240 g/mol. The lowest BCUT2D eigenvalue weighted by molar-refractivity contribution is -0.384. The van der Waals surface area contributed by atoms with Crippen LogP contribution in [-0.2, 0) is 0 Å². The largest absolute Gasteiger partial charge is 0.388 e. The number of hydrogen-bond donors (Lipinski definition) is 2. The van der Waals surface area contributed by atoms with E-state index in [2.05, 4.69) is 5.32 Å². The first-order valence-electron chi connectivity index (χ1n) is 5.40. The third-order valence-corrected chi connectivity index (χ3v) is 3.05. The smallest absolute Gasteiger partial charge is 0.295 e. The van der Waals surface area contributed by atoms with E-state index < -0.39 is 16.3 Å². The molecule has 17 heavy (non-hydrogen) atoms. The van der Waals surface area contributed by atoms with Crippen LogP contribution in [0.1, 0.15) is 19.3 Å². The van der Waals surface area contributed by atoms with Gasteiger partial charge in [0.05, 0.1) is 16.6 Å². The van der Waals surface area contributed by atoms with Crippen molar-refractivity contribution in [2.45, 2.75) is 24.9 Å². The van der Waals surface area contributed by atoms with Gasteiger partial charge in [-0.3, -0.25) is 10.1 Å². The normalized spacial score (nSPS) is 17.3. The molecule has 0 amide bonds. The van der Waals surface area contributed by atoms with E-state index in [0.29, 0.717) is 12.8 Å². The molecule has 6 heteroatoms. The zero-order chi connectivity index (χ0) is 12.5. The molecule has 1 aromatic carbocycles. The van der Waals surface area contributed by atoms with Gasteiger partial charge in [-0.2, -0.15) is 0 Å². The molecule has 5 nitrogen and oxygen atoms in total. The van der Waals surface area contributed by atoms with Crippen LogP contribution in [0.2, 0.25) is 0 Å². The Balaban J connectivity index is 2.12. The van der Waals surface area contributed by atoms with Gasteiger partial charge in [0.15, 0.2) is 0 Å². The van der Waals surface area contributed by atoms with Crippen molar-refractivity contribution in [1.82, 2.24) is 0 Å². The van der Waals surface area contributed by atoms with Crippen LogP contribution >= 0.6 is 0 Å². The molecule has 92 valence electrons. The maximum atomic E-state index is 12.9. The number of halogens is 1. The van der Waals surface area contributed by atoms with Crippen molar-refractivity contribution < 1.29 is 14.4 Å². The Bertz CT molecular complexity index is 446. The molecule has 0 aliphatic heterocycles. The van der Waals surface area contributed by atoms with Crippen molar-refractivity contribution >= 4 is 11.4 Å². The van der Waals surface area contributed by atoms with Gasteiger partial charge in [-0.15, -0.1) is 0 Å². The summed E-state index contributed by atoms with van der Waals surface area (Å²) in [5, 5.41) is 23.4. The van der Waals surface area contributed by atoms with Gasteiger partial charge in [0, 0.05) is 6.54 Å². The number of rotatable bonds is 4. The van der Waals surface area contributed by atoms with Gasteiger partial charge in [0.2, 0.25) is 0 Å². The fourth-order valence-electron chi connectivity index (χ4n) is 1.83. The van der Waals surface area contributed by atoms with Crippen LogP contribution in [0.25, 0.3) is 0 Å². The highest BCUT2D eigenvalue weighted by atomic mass is 19.1. The highest BCUT2D eigenvalue weighted by molar-refractivity contribution is 5.61. The zero-order valence-electron chi connectivity index (χ0n) is 9.15. The van der Waals surface area contributed by atoms with Crippen molar-refractivity contribution in [1.29, 1.82) is 0 Å². The molecule has 1 aromatic rings. The first-order chi connectivity index (χ1) is 8.00. The first-order valence-corrected chi connectivity index (χ1v) is 5.40. The number of hydrogen-bond acceptors (Lipinski definition) is 4. The summed E-state index contributed by atoms with van der Waals surface area (Å²) in [6.45, 7) is 0.249. The third-order valence-electron chi connectivity index (χ3n) is 3.05. The SMILES string of the molecule is O=[N+]([O-])c1cc(F)ccc1NCC1(O)CCC1. The number of nitro benzene ring substituents is 1. The number of anilines is 1. The van der Waals surface area contributed by atoms with Crippen molar-refractivity contribution in [3.8, 4) is 0 Å². The minimum atomic E-state index is -0.776. The van der Waals surface area contributed by atoms with E-state index in [1.165, 1.54) is 6.07 Å². The average molecular weight is 240 g/mol. The highest BCUT2D eigenvalue weighted by Crippen LogP contribution is 2.33. The summed E-state index contributed by atoms with van der Waals surface area (Å²) in [6.07, 6.45) is 2.34. The molecule has 0 aromatic heterocycles. The predicted octanol–water partition coefficient (Wildman–Crippen LogP) is 2.06. The van der Waals surface area contributed by atoms with Gasteiger partial charge in [-0.25, -0.2) is 4.39 Å². The van der Waals surface area contributed by atoms with Crippen LogP contribution in [0.3, 0.4) is 0 Å². The summed E-state index contributed by atoms with van der Waals surface area (Å²) in [7, 11) is 0. The number of aliphatic hydroxyl groups is 1. The summed E-state index contributed by atoms with van der Waals surface area (Å²) in [4.78, 5) is 10.1. The number of nitro groups is 1. The van der Waals surface area contributed by atoms with Gasteiger partial charge in [-0.05, 0) is 31.4 Å². The van der Waals surface area contributed by atoms with E-state index in [0.717, 1.165) is 18.6 Å². The summed E-state index contributed by atoms with van der Waals surface area (Å²) in [5.74, 6) is -0.649. The Morgan fingerprint density at radius 1 is 1.53 bits per heavy atom. The van der Waals surface area contributed by atoms with Gasteiger partial charge >= 0.3 is 0 Å². The van der Waals surface area contributed by atoms with E-state index in [-0.39, 0.29) is 17.9 Å². The van der Waals surface area contributed by atoms with E-state index in [4.69, 9.17) is 0 Å². The van der Waals surface area contributed by atoms with Crippen LogP contribution in [0.5, 0.6) is 0 Å². The fourth-order valence-corrected chi connectivity index (χ4v) is 1.83. The lowest BCUT2D eigenvalue weighted by Crippen LogP contribution is -2.43. The predicted molar refractivity (Wildman–Crippen MR) is 60.3 cm³/mol. The van der Waals surface area contributed by atoms with Crippen LogP contribution < -0.4 is 5.32 Å². The quantitative estimate of drug-likeness (QED) is 0.624. The minimum absolute atomic E-state index is 0.233. The van der Waals surface area contributed by atoms with Gasteiger partial charge in [-0.1, -0.05) is 0 Å². The molecular formula is C11H13FN2O3. The molecule has 1 aliphatic carbocycles. The Morgan fingerprint density at radius 3 is 2.76 bits per heavy atom. The van der Waals surface area contributed by atoms with Crippen molar-refractivity contribution in [3.63, 3.8) is 0 Å². The van der Waals surface area contributed by atoms with Crippen molar-refractivity contribution in [2.75, 3.05) is 11.9 Å². The highest BCUT2D eigenvalue weighted by Gasteiger charge is 2.34. The molecule has 1 fully saturated rings. The number of benzene rings is 1.